The Morgan fingerprint density at radius 1 is 0.973 bits per heavy atom. The molecule has 0 amide bonds. The van der Waals surface area contributed by atoms with Crippen LogP contribution in [0.15, 0.2) is 55.0 Å². The number of H-pyrrole nitrogens is 1. The smallest absolute Gasteiger partial charge is 0.246 e. The largest absolute Gasteiger partial charge is 0.496 e. The van der Waals surface area contributed by atoms with Crippen molar-refractivity contribution >= 4 is 23.0 Å². The normalized spacial score (nSPS) is 13.8. The molecular weight excluding hydrogens is 473 g/mol. The number of piperazine rings is 1. The number of aryl methyl sites for hydroxylation is 1. The number of fused-ring (bicyclic) bond motifs is 1. The molecule has 10 nitrogen and oxygen atoms in total. The van der Waals surface area contributed by atoms with E-state index in [9.17, 15) is 4.39 Å². The van der Waals surface area contributed by atoms with Crippen LogP contribution in [0.4, 0.5) is 21.8 Å². The molecule has 0 spiro atoms. The van der Waals surface area contributed by atoms with E-state index < -0.39 is 0 Å². The first-order valence-corrected chi connectivity index (χ1v) is 12.0. The van der Waals surface area contributed by atoms with Crippen molar-refractivity contribution in [2.24, 2.45) is 0 Å². The van der Waals surface area contributed by atoms with Gasteiger partial charge in [0.2, 0.25) is 5.95 Å². The second-order valence-electron chi connectivity index (χ2n) is 8.84. The highest BCUT2D eigenvalue weighted by atomic mass is 19.1. The number of aromatic amines is 1. The average molecular weight is 500 g/mol. The number of hydrogen-bond donors (Lipinski definition) is 3. The van der Waals surface area contributed by atoms with Crippen molar-refractivity contribution in [3.05, 3.63) is 66.5 Å². The molecule has 1 aromatic carbocycles. The summed E-state index contributed by atoms with van der Waals surface area (Å²) in [5.74, 6) is 1.04. The second-order valence-corrected chi connectivity index (χ2v) is 8.84. The van der Waals surface area contributed by atoms with Crippen LogP contribution in [-0.4, -0.2) is 63.1 Å². The molecule has 0 unspecified atom stereocenters. The van der Waals surface area contributed by atoms with Gasteiger partial charge in [-0.1, -0.05) is 0 Å². The summed E-state index contributed by atoms with van der Waals surface area (Å²) in [5, 5.41) is 18.5. The lowest BCUT2D eigenvalue weighted by Crippen LogP contribution is -2.43. The lowest BCUT2D eigenvalue weighted by molar-refractivity contribution is 0.413. The Morgan fingerprint density at radius 2 is 1.84 bits per heavy atom. The number of benzene rings is 1. The fourth-order valence-corrected chi connectivity index (χ4v) is 4.66. The number of anilines is 3. The van der Waals surface area contributed by atoms with Crippen molar-refractivity contribution in [1.29, 1.82) is 0 Å². The molecule has 0 atom stereocenters. The third kappa shape index (κ3) is 4.33. The van der Waals surface area contributed by atoms with Crippen LogP contribution in [0.25, 0.3) is 27.9 Å². The van der Waals surface area contributed by atoms with Gasteiger partial charge < -0.3 is 20.3 Å². The summed E-state index contributed by atoms with van der Waals surface area (Å²) in [5.41, 5.74) is 5.97. The van der Waals surface area contributed by atoms with Crippen LogP contribution < -0.4 is 20.3 Å². The number of aromatic nitrogens is 6. The number of halogens is 1. The van der Waals surface area contributed by atoms with Crippen molar-refractivity contribution in [2.45, 2.75) is 6.92 Å². The van der Waals surface area contributed by atoms with E-state index in [0.717, 1.165) is 59.9 Å². The molecule has 0 saturated carbocycles. The molecule has 188 valence electrons. The Labute approximate surface area is 212 Å². The zero-order valence-electron chi connectivity index (χ0n) is 20.5. The van der Waals surface area contributed by atoms with Crippen LogP contribution in [-0.2, 0) is 0 Å². The van der Waals surface area contributed by atoms with Gasteiger partial charge in [-0.05, 0) is 37.3 Å². The predicted octanol–water partition coefficient (Wildman–Crippen LogP) is 3.79. The van der Waals surface area contributed by atoms with Gasteiger partial charge >= 0.3 is 0 Å². The number of nitrogens with zero attached hydrogens (tertiary/aromatic N) is 6. The summed E-state index contributed by atoms with van der Waals surface area (Å²) in [4.78, 5) is 11.4. The fraction of sp³-hybridized carbons (Fsp3) is 0.231. The Balaban J connectivity index is 1.41. The Hall–Kier alpha value is -4.51. The van der Waals surface area contributed by atoms with E-state index in [1.54, 1.807) is 23.0 Å². The molecule has 37 heavy (non-hydrogen) atoms. The highest BCUT2D eigenvalue weighted by molar-refractivity contribution is 5.89. The number of pyridine rings is 1. The summed E-state index contributed by atoms with van der Waals surface area (Å²) < 4.78 is 21.3. The van der Waals surface area contributed by atoms with Gasteiger partial charge in [-0.15, -0.1) is 5.10 Å². The number of rotatable bonds is 6. The monoisotopic (exact) mass is 499 g/mol. The van der Waals surface area contributed by atoms with E-state index in [2.05, 4.69) is 35.7 Å². The van der Waals surface area contributed by atoms with E-state index >= 15 is 0 Å². The summed E-state index contributed by atoms with van der Waals surface area (Å²) in [7, 11) is 1.52. The lowest BCUT2D eigenvalue weighted by Gasteiger charge is -2.29. The van der Waals surface area contributed by atoms with E-state index in [1.165, 1.54) is 19.2 Å². The standard InChI is InChI=1S/C26H26FN9O/c1-16-22(15-31-33-16)21-12-19-14-30-26(32-24-6-4-18(13-29-24)35-9-7-28-8-10-35)34-36(19)25(21)20-5-3-17(27)11-23(20)37-2/h3-6,11-15,28H,7-10H2,1-2H3,(H,31,33)(H,29,32,34). The maximum absolute atomic E-state index is 14.0. The van der Waals surface area contributed by atoms with Crippen LogP contribution >= 0.6 is 0 Å². The third-order valence-electron chi connectivity index (χ3n) is 6.53. The third-order valence-corrected chi connectivity index (χ3v) is 6.53. The molecule has 1 aliphatic heterocycles. The predicted molar refractivity (Wildman–Crippen MR) is 140 cm³/mol. The zero-order chi connectivity index (χ0) is 25.4. The van der Waals surface area contributed by atoms with Crippen molar-refractivity contribution in [3.63, 3.8) is 0 Å². The van der Waals surface area contributed by atoms with Gasteiger partial charge in [-0.3, -0.25) is 5.10 Å². The van der Waals surface area contributed by atoms with Gasteiger partial charge in [-0.2, -0.15) is 5.10 Å². The van der Waals surface area contributed by atoms with Gasteiger partial charge in [0.25, 0.3) is 0 Å². The van der Waals surface area contributed by atoms with Gasteiger partial charge in [0.15, 0.2) is 0 Å². The number of nitrogens with one attached hydrogen (secondary N) is 3. The molecule has 4 aromatic heterocycles. The van der Waals surface area contributed by atoms with Crippen molar-refractivity contribution in [2.75, 3.05) is 43.5 Å². The van der Waals surface area contributed by atoms with Gasteiger partial charge in [-0.25, -0.2) is 18.9 Å². The summed E-state index contributed by atoms with van der Waals surface area (Å²) in [6, 6.07) is 10.4. The maximum Gasteiger partial charge on any atom is 0.246 e. The summed E-state index contributed by atoms with van der Waals surface area (Å²) >= 11 is 0. The molecule has 11 heteroatoms. The van der Waals surface area contributed by atoms with E-state index in [-0.39, 0.29) is 5.82 Å². The average Bonchev–Trinajstić information content (AvgIpc) is 3.52. The van der Waals surface area contributed by atoms with Crippen molar-refractivity contribution in [3.8, 4) is 28.1 Å². The quantitative estimate of drug-likeness (QED) is 0.324. The van der Waals surface area contributed by atoms with E-state index in [4.69, 9.17) is 9.84 Å². The second kappa shape index (κ2) is 9.51. The summed E-state index contributed by atoms with van der Waals surface area (Å²) in [6.07, 6.45) is 5.36. The molecule has 0 aliphatic carbocycles. The molecule has 3 N–H and O–H groups in total. The highest BCUT2D eigenvalue weighted by Gasteiger charge is 2.21. The van der Waals surface area contributed by atoms with Crippen LogP contribution in [0, 0.1) is 12.7 Å². The molecule has 0 radical (unpaired) electrons. The van der Waals surface area contributed by atoms with Crippen molar-refractivity contribution in [1.82, 2.24) is 35.1 Å². The highest BCUT2D eigenvalue weighted by Crippen LogP contribution is 2.40. The fourth-order valence-electron chi connectivity index (χ4n) is 4.66. The Kier molecular flexibility index (Phi) is 5.89. The Morgan fingerprint density at radius 3 is 2.57 bits per heavy atom. The number of methoxy groups -OCH3 is 1. The summed E-state index contributed by atoms with van der Waals surface area (Å²) in [6.45, 7) is 5.79. The molecule has 1 aliphatic rings. The van der Waals surface area contributed by atoms with Crippen molar-refractivity contribution < 1.29 is 9.13 Å². The maximum atomic E-state index is 14.0. The molecular formula is C26H26FN9O. The first kappa shape index (κ1) is 22.9. The minimum absolute atomic E-state index is 0.378. The number of ether oxygens (including phenoxy) is 1. The van der Waals surface area contributed by atoms with Crippen LogP contribution in [0.1, 0.15) is 5.69 Å². The molecule has 1 saturated heterocycles. The molecule has 5 heterocycles. The van der Waals surface area contributed by atoms with Gasteiger partial charge in [0.05, 0.1) is 42.6 Å². The lowest BCUT2D eigenvalue weighted by atomic mass is 10.0. The van der Waals surface area contributed by atoms with Crippen LogP contribution in [0.3, 0.4) is 0 Å². The SMILES string of the molecule is COc1cc(F)ccc1-c1c(-c2cn[nH]c2C)cc2cnc(Nc3ccc(N4CCNCC4)cn3)nn12. The van der Waals surface area contributed by atoms with Gasteiger partial charge in [0, 0.05) is 54.6 Å². The molecule has 0 bridgehead atoms. The molecule has 6 rings (SSSR count). The van der Waals surface area contributed by atoms with E-state index in [0.29, 0.717) is 23.1 Å². The Bertz CT molecular complexity index is 1550. The van der Waals surface area contributed by atoms with E-state index in [1.807, 2.05) is 31.3 Å². The molecule has 1 fully saturated rings. The van der Waals surface area contributed by atoms with Crippen LogP contribution in [0.5, 0.6) is 5.75 Å². The number of hydrogen-bond acceptors (Lipinski definition) is 8. The minimum Gasteiger partial charge on any atom is -0.496 e. The first-order valence-electron chi connectivity index (χ1n) is 12.0. The van der Waals surface area contributed by atoms with Crippen LogP contribution in [0.2, 0.25) is 0 Å². The topological polar surface area (TPSA) is 108 Å². The zero-order valence-corrected chi connectivity index (χ0v) is 20.5. The first-order chi connectivity index (χ1) is 18.1. The minimum atomic E-state index is -0.380. The molecule has 5 aromatic rings. The van der Waals surface area contributed by atoms with Gasteiger partial charge in [0.1, 0.15) is 17.4 Å².